The molecule has 1 atom stereocenters. The van der Waals surface area contributed by atoms with E-state index in [4.69, 9.17) is 10.5 Å². The van der Waals surface area contributed by atoms with Crippen molar-refractivity contribution >= 4 is 11.7 Å². The molecule has 2 N–H and O–H groups in total. The standard InChI is InChI=1S/C13H17FN2O4/c1-13(2,3)20-12(17)11(15)6-8-4-9(14)7-10(5-8)16(18)19/h4-5,7,11H,6,15H2,1-3H3. The molecule has 0 bridgehead atoms. The van der Waals surface area contributed by atoms with Gasteiger partial charge < -0.3 is 10.5 Å². The van der Waals surface area contributed by atoms with E-state index in [-0.39, 0.29) is 17.7 Å². The van der Waals surface area contributed by atoms with Crippen molar-refractivity contribution in [3.05, 3.63) is 39.7 Å². The van der Waals surface area contributed by atoms with Crippen molar-refractivity contribution < 1.29 is 18.8 Å². The Morgan fingerprint density at radius 3 is 2.55 bits per heavy atom. The van der Waals surface area contributed by atoms with Crippen molar-refractivity contribution in [3.63, 3.8) is 0 Å². The van der Waals surface area contributed by atoms with Crippen molar-refractivity contribution in [2.45, 2.75) is 38.8 Å². The van der Waals surface area contributed by atoms with Crippen molar-refractivity contribution in [2.75, 3.05) is 0 Å². The second-order valence-electron chi connectivity index (χ2n) is 5.42. The maximum atomic E-state index is 13.2. The molecule has 7 heteroatoms. The van der Waals surface area contributed by atoms with Gasteiger partial charge in [0, 0.05) is 6.07 Å². The molecule has 0 heterocycles. The number of rotatable bonds is 4. The van der Waals surface area contributed by atoms with Crippen LogP contribution in [0.25, 0.3) is 0 Å². The topological polar surface area (TPSA) is 95.5 Å². The fraction of sp³-hybridized carbons (Fsp3) is 0.462. The van der Waals surface area contributed by atoms with Crippen molar-refractivity contribution in [2.24, 2.45) is 5.73 Å². The summed E-state index contributed by atoms with van der Waals surface area (Å²) in [6.45, 7) is 5.10. The fourth-order valence-corrected chi connectivity index (χ4v) is 1.57. The predicted molar refractivity (Wildman–Crippen MR) is 70.6 cm³/mol. The number of nitrogens with two attached hydrogens (primary N) is 1. The molecule has 6 nitrogen and oxygen atoms in total. The maximum absolute atomic E-state index is 13.2. The highest BCUT2D eigenvalue weighted by Crippen LogP contribution is 2.18. The molecule has 0 aliphatic heterocycles. The van der Waals surface area contributed by atoms with E-state index in [2.05, 4.69) is 0 Å². The van der Waals surface area contributed by atoms with Crippen LogP contribution in [0.4, 0.5) is 10.1 Å². The minimum Gasteiger partial charge on any atom is -0.459 e. The van der Waals surface area contributed by atoms with Crippen molar-refractivity contribution in [1.82, 2.24) is 0 Å². The van der Waals surface area contributed by atoms with E-state index in [1.165, 1.54) is 6.07 Å². The number of nitro benzene ring substituents is 1. The summed E-state index contributed by atoms with van der Waals surface area (Å²) >= 11 is 0. The third-order valence-electron chi connectivity index (χ3n) is 2.32. The molecule has 0 aliphatic carbocycles. The van der Waals surface area contributed by atoms with Gasteiger partial charge in [0.25, 0.3) is 5.69 Å². The Kier molecular flexibility index (Phi) is 4.78. The summed E-state index contributed by atoms with van der Waals surface area (Å²) in [5.74, 6) is -1.38. The van der Waals surface area contributed by atoms with E-state index in [0.717, 1.165) is 12.1 Å². The molecule has 0 aliphatic rings. The molecule has 0 aromatic heterocycles. The summed E-state index contributed by atoms with van der Waals surface area (Å²) < 4.78 is 18.3. The minimum atomic E-state index is -1.00. The summed E-state index contributed by atoms with van der Waals surface area (Å²) in [6, 6.07) is 2.10. The van der Waals surface area contributed by atoms with E-state index >= 15 is 0 Å². The summed E-state index contributed by atoms with van der Waals surface area (Å²) in [5, 5.41) is 10.6. The average molecular weight is 284 g/mol. The van der Waals surface area contributed by atoms with Gasteiger partial charge in [-0.3, -0.25) is 14.9 Å². The Hall–Kier alpha value is -2.02. The van der Waals surface area contributed by atoms with Gasteiger partial charge in [-0.2, -0.15) is 0 Å². The zero-order valence-electron chi connectivity index (χ0n) is 11.6. The smallest absolute Gasteiger partial charge is 0.323 e. The molecule has 0 saturated carbocycles. The molecule has 0 spiro atoms. The Bertz CT molecular complexity index is 526. The van der Waals surface area contributed by atoms with Crippen LogP contribution in [0.15, 0.2) is 18.2 Å². The third-order valence-corrected chi connectivity index (χ3v) is 2.32. The van der Waals surface area contributed by atoms with E-state index in [1.54, 1.807) is 20.8 Å². The van der Waals surface area contributed by atoms with Gasteiger partial charge in [-0.15, -0.1) is 0 Å². The van der Waals surface area contributed by atoms with Crippen LogP contribution in [-0.2, 0) is 16.0 Å². The van der Waals surface area contributed by atoms with Crippen LogP contribution in [0.2, 0.25) is 0 Å². The van der Waals surface area contributed by atoms with Crippen LogP contribution < -0.4 is 5.73 Å². The zero-order valence-corrected chi connectivity index (χ0v) is 11.6. The lowest BCUT2D eigenvalue weighted by molar-refractivity contribution is -0.385. The largest absolute Gasteiger partial charge is 0.459 e. The SMILES string of the molecule is CC(C)(C)OC(=O)C(N)Cc1cc(F)cc([N+](=O)[O-])c1. The monoisotopic (exact) mass is 284 g/mol. The van der Waals surface area contributed by atoms with Gasteiger partial charge in [0.1, 0.15) is 17.5 Å². The second-order valence-corrected chi connectivity index (χ2v) is 5.42. The number of halogens is 1. The summed E-state index contributed by atoms with van der Waals surface area (Å²) in [6.07, 6.45) is -0.0342. The molecule has 20 heavy (non-hydrogen) atoms. The van der Waals surface area contributed by atoms with Crippen LogP contribution in [0, 0.1) is 15.9 Å². The molecule has 110 valence electrons. The van der Waals surface area contributed by atoms with Crippen molar-refractivity contribution in [3.8, 4) is 0 Å². The van der Waals surface area contributed by atoms with Gasteiger partial charge in [-0.25, -0.2) is 4.39 Å². The van der Waals surface area contributed by atoms with Gasteiger partial charge in [0.15, 0.2) is 0 Å². The Morgan fingerprint density at radius 2 is 2.05 bits per heavy atom. The molecule has 0 radical (unpaired) electrons. The number of esters is 1. The first kappa shape index (κ1) is 16.0. The molecule has 1 aromatic carbocycles. The lowest BCUT2D eigenvalue weighted by Gasteiger charge is -2.22. The number of non-ortho nitro benzene ring substituents is 1. The quantitative estimate of drug-likeness (QED) is 0.518. The van der Waals surface area contributed by atoms with Crippen LogP contribution in [0.3, 0.4) is 0 Å². The van der Waals surface area contributed by atoms with Crippen LogP contribution >= 0.6 is 0 Å². The zero-order chi connectivity index (χ0) is 15.5. The minimum absolute atomic E-state index is 0.0342. The molecule has 1 rings (SSSR count). The Labute approximate surface area is 115 Å². The van der Waals surface area contributed by atoms with Gasteiger partial charge in [0.2, 0.25) is 0 Å². The summed E-state index contributed by atoms with van der Waals surface area (Å²) in [5.41, 5.74) is 4.88. The summed E-state index contributed by atoms with van der Waals surface area (Å²) in [7, 11) is 0. The van der Waals surface area contributed by atoms with E-state index in [9.17, 15) is 19.3 Å². The van der Waals surface area contributed by atoms with Gasteiger partial charge >= 0.3 is 5.97 Å². The highest BCUT2D eigenvalue weighted by molar-refractivity contribution is 5.76. The Morgan fingerprint density at radius 1 is 1.45 bits per heavy atom. The van der Waals surface area contributed by atoms with Crippen LogP contribution in [-0.4, -0.2) is 22.5 Å². The van der Waals surface area contributed by atoms with Gasteiger partial charge in [0.05, 0.1) is 11.0 Å². The van der Waals surface area contributed by atoms with Crippen molar-refractivity contribution in [1.29, 1.82) is 0 Å². The molecule has 1 aromatic rings. The molecule has 0 amide bonds. The summed E-state index contributed by atoms with van der Waals surface area (Å²) in [4.78, 5) is 21.6. The highest BCUT2D eigenvalue weighted by atomic mass is 19.1. The molecule has 1 unspecified atom stereocenters. The second kappa shape index (κ2) is 5.96. The van der Waals surface area contributed by atoms with Gasteiger partial charge in [-0.1, -0.05) is 0 Å². The number of carbonyl (C=O) groups excluding carboxylic acids is 1. The number of benzene rings is 1. The van der Waals surface area contributed by atoms with Crippen LogP contribution in [0.5, 0.6) is 0 Å². The van der Waals surface area contributed by atoms with Gasteiger partial charge in [-0.05, 0) is 38.8 Å². The molecular weight excluding hydrogens is 267 g/mol. The molecule has 0 saturated heterocycles. The molecule has 0 fully saturated rings. The average Bonchev–Trinajstić information content (AvgIpc) is 2.25. The fourth-order valence-electron chi connectivity index (χ4n) is 1.57. The lowest BCUT2D eigenvalue weighted by atomic mass is 10.1. The first-order chi connectivity index (χ1) is 9.08. The predicted octanol–water partition coefficient (Wildman–Crippen LogP) is 1.95. The first-order valence-electron chi connectivity index (χ1n) is 6.01. The number of nitrogens with zero attached hydrogens (tertiary/aromatic N) is 1. The number of carbonyl (C=O) groups is 1. The number of ether oxygens (including phenoxy) is 1. The maximum Gasteiger partial charge on any atom is 0.323 e. The normalized spacial score (nSPS) is 12.8. The first-order valence-corrected chi connectivity index (χ1v) is 6.01. The van der Waals surface area contributed by atoms with Crippen LogP contribution in [0.1, 0.15) is 26.3 Å². The van der Waals surface area contributed by atoms with E-state index in [0.29, 0.717) is 0 Å². The highest BCUT2D eigenvalue weighted by Gasteiger charge is 2.23. The number of nitro groups is 1. The third kappa shape index (κ3) is 4.93. The van der Waals surface area contributed by atoms with E-state index < -0.39 is 28.4 Å². The number of hydrogen-bond donors (Lipinski definition) is 1. The number of hydrogen-bond acceptors (Lipinski definition) is 5. The van der Waals surface area contributed by atoms with E-state index in [1.807, 2.05) is 0 Å². The Balaban J connectivity index is 2.83. The molecular formula is C13H17FN2O4. The lowest BCUT2D eigenvalue weighted by Crippen LogP contribution is -2.38.